The number of aliphatic hydroxyl groups is 1. The van der Waals surface area contributed by atoms with Gasteiger partial charge in [-0.25, -0.2) is 4.98 Å². The van der Waals surface area contributed by atoms with Crippen molar-refractivity contribution in [1.29, 1.82) is 5.41 Å². The molecule has 1 aromatic heterocycles. The number of rotatable bonds is 3. The third-order valence-electron chi connectivity index (χ3n) is 3.14. The molecule has 0 aromatic carbocycles. The molecule has 0 amide bonds. The molecule has 17 heavy (non-hydrogen) atoms. The van der Waals surface area contributed by atoms with Crippen molar-refractivity contribution in [1.82, 2.24) is 4.98 Å². The quantitative estimate of drug-likeness (QED) is 0.531. The largest absolute Gasteiger partial charge is 0.394 e. The Labute approximate surface area is 101 Å². The highest BCUT2D eigenvalue weighted by Crippen LogP contribution is 2.22. The molecule has 0 bridgehead atoms. The Bertz CT molecular complexity index is 407. The first kappa shape index (κ1) is 11.9. The molecule has 0 radical (unpaired) electrons. The van der Waals surface area contributed by atoms with E-state index in [1.54, 1.807) is 6.07 Å². The molecule has 1 fully saturated rings. The molecule has 1 aromatic rings. The van der Waals surface area contributed by atoms with Crippen LogP contribution in [0.4, 0.5) is 5.82 Å². The Kier molecular flexibility index (Phi) is 3.58. The first-order valence-corrected chi connectivity index (χ1v) is 5.91. The fraction of sp³-hybridized carbons (Fsp3) is 0.500. The normalized spacial score (nSPS) is 20.3. The Hall–Kier alpha value is -1.62. The fourth-order valence-electron chi connectivity index (χ4n) is 2.23. The van der Waals surface area contributed by atoms with Crippen molar-refractivity contribution in [2.75, 3.05) is 18.1 Å². The van der Waals surface area contributed by atoms with E-state index in [0.29, 0.717) is 5.69 Å². The lowest BCUT2D eigenvalue weighted by atomic mass is 10.0. The first-order chi connectivity index (χ1) is 8.22. The lowest BCUT2D eigenvalue weighted by Crippen LogP contribution is -2.42. The lowest BCUT2D eigenvalue weighted by Gasteiger charge is -2.35. The Balaban J connectivity index is 2.25. The van der Waals surface area contributed by atoms with Crippen LogP contribution in [0.2, 0.25) is 0 Å². The van der Waals surface area contributed by atoms with Gasteiger partial charge in [0.1, 0.15) is 17.3 Å². The van der Waals surface area contributed by atoms with E-state index in [9.17, 15) is 5.11 Å². The highest BCUT2D eigenvalue weighted by atomic mass is 16.3. The molecule has 1 aliphatic heterocycles. The molecule has 0 aliphatic carbocycles. The summed E-state index contributed by atoms with van der Waals surface area (Å²) in [7, 11) is 0. The van der Waals surface area contributed by atoms with E-state index < -0.39 is 0 Å². The van der Waals surface area contributed by atoms with Crippen molar-refractivity contribution in [2.24, 2.45) is 5.73 Å². The maximum absolute atomic E-state index is 9.36. The van der Waals surface area contributed by atoms with Crippen molar-refractivity contribution in [3.8, 4) is 0 Å². The molecule has 1 saturated heterocycles. The van der Waals surface area contributed by atoms with Crippen LogP contribution in [0.1, 0.15) is 25.0 Å². The van der Waals surface area contributed by atoms with Crippen LogP contribution in [0.15, 0.2) is 18.2 Å². The number of nitrogens with one attached hydrogen (secondary N) is 1. The van der Waals surface area contributed by atoms with E-state index in [1.807, 2.05) is 12.1 Å². The second kappa shape index (κ2) is 5.14. The molecule has 2 rings (SSSR count). The number of anilines is 1. The summed E-state index contributed by atoms with van der Waals surface area (Å²) < 4.78 is 0. The third kappa shape index (κ3) is 2.55. The van der Waals surface area contributed by atoms with Crippen LogP contribution in [0.5, 0.6) is 0 Å². The number of pyridine rings is 1. The van der Waals surface area contributed by atoms with Crippen molar-refractivity contribution in [3.63, 3.8) is 0 Å². The highest BCUT2D eigenvalue weighted by Gasteiger charge is 2.22. The molecule has 1 aliphatic rings. The number of aromatic nitrogens is 1. The molecule has 0 saturated carbocycles. The van der Waals surface area contributed by atoms with Crippen LogP contribution >= 0.6 is 0 Å². The van der Waals surface area contributed by atoms with Gasteiger partial charge in [-0.05, 0) is 31.4 Å². The number of aliphatic hydroxyl groups excluding tert-OH is 1. The molecule has 92 valence electrons. The summed E-state index contributed by atoms with van der Waals surface area (Å²) in [5, 5.41) is 16.8. The number of hydrogen-bond acceptors (Lipinski definition) is 4. The van der Waals surface area contributed by atoms with Gasteiger partial charge in [-0.2, -0.15) is 0 Å². The topological polar surface area (TPSA) is 86.2 Å². The number of nitrogens with two attached hydrogens (primary N) is 1. The highest BCUT2D eigenvalue weighted by molar-refractivity contribution is 5.93. The molecular formula is C12H18N4O. The molecule has 2 heterocycles. The van der Waals surface area contributed by atoms with E-state index in [-0.39, 0.29) is 18.5 Å². The second-order valence-corrected chi connectivity index (χ2v) is 4.32. The smallest absolute Gasteiger partial charge is 0.141 e. The van der Waals surface area contributed by atoms with Crippen molar-refractivity contribution in [3.05, 3.63) is 23.9 Å². The van der Waals surface area contributed by atoms with Gasteiger partial charge >= 0.3 is 0 Å². The average molecular weight is 234 g/mol. The van der Waals surface area contributed by atoms with Gasteiger partial charge in [0.25, 0.3) is 0 Å². The van der Waals surface area contributed by atoms with Gasteiger partial charge in [0.2, 0.25) is 0 Å². The van der Waals surface area contributed by atoms with Gasteiger partial charge in [-0.15, -0.1) is 0 Å². The molecule has 5 nitrogen and oxygen atoms in total. The maximum atomic E-state index is 9.36. The second-order valence-electron chi connectivity index (χ2n) is 4.32. The molecule has 1 unspecified atom stereocenters. The number of hydrogen-bond donors (Lipinski definition) is 3. The first-order valence-electron chi connectivity index (χ1n) is 5.91. The summed E-state index contributed by atoms with van der Waals surface area (Å²) in [4.78, 5) is 6.47. The van der Waals surface area contributed by atoms with E-state index >= 15 is 0 Å². The van der Waals surface area contributed by atoms with Gasteiger partial charge in [0.15, 0.2) is 0 Å². The molecule has 5 heteroatoms. The summed E-state index contributed by atoms with van der Waals surface area (Å²) in [5.41, 5.74) is 5.92. The van der Waals surface area contributed by atoms with Gasteiger partial charge < -0.3 is 15.7 Å². The van der Waals surface area contributed by atoms with Gasteiger partial charge in [0, 0.05) is 6.54 Å². The Morgan fingerprint density at radius 3 is 3.06 bits per heavy atom. The predicted molar refractivity (Wildman–Crippen MR) is 67.3 cm³/mol. The molecule has 0 spiro atoms. The Morgan fingerprint density at radius 2 is 2.35 bits per heavy atom. The Morgan fingerprint density at radius 1 is 1.53 bits per heavy atom. The third-order valence-corrected chi connectivity index (χ3v) is 3.14. The van der Waals surface area contributed by atoms with Crippen molar-refractivity contribution in [2.45, 2.75) is 25.3 Å². The van der Waals surface area contributed by atoms with Crippen LogP contribution in [-0.2, 0) is 0 Å². The minimum atomic E-state index is -0.0237. The number of piperidine rings is 1. The summed E-state index contributed by atoms with van der Waals surface area (Å²) >= 11 is 0. The average Bonchev–Trinajstić information content (AvgIpc) is 2.39. The lowest BCUT2D eigenvalue weighted by molar-refractivity contribution is 0.239. The van der Waals surface area contributed by atoms with Crippen LogP contribution in [0, 0.1) is 5.41 Å². The van der Waals surface area contributed by atoms with E-state index in [2.05, 4.69) is 9.88 Å². The summed E-state index contributed by atoms with van der Waals surface area (Å²) in [6.07, 6.45) is 3.25. The minimum Gasteiger partial charge on any atom is -0.394 e. The minimum absolute atomic E-state index is 0.0237. The van der Waals surface area contributed by atoms with Gasteiger partial charge in [0.05, 0.1) is 12.6 Å². The standard InChI is InChI=1S/C12H18N4O/c13-12(14)10-5-3-6-11(15-10)16-7-2-1-4-9(16)8-17/h3,5-6,9,17H,1-2,4,7-8H2,(H3,13,14). The van der Waals surface area contributed by atoms with Crippen molar-refractivity contribution < 1.29 is 5.11 Å². The van der Waals surface area contributed by atoms with Crippen LogP contribution < -0.4 is 10.6 Å². The van der Waals surface area contributed by atoms with Crippen LogP contribution in [0.3, 0.4) is 0 Å². The van der Waals surface area contributed by atoms with Gasteiger partial charge in [-0.3, -0.25) is 5.41 Å². The zero-order chi connectivity index (χ0) is 12.3. The zero-order valence-corrected chi connectivity index (χ0v) is 9.76. The number of nitrogens with zero attached hydrogens (tertiary/aromatic N) is 2. The van der Waals surface area contributed by atoms with Crippen LogP contribution in [0.25, 0.3) is 0 Å². The van der Waals surface area contributed by atoms with E-state index in [0.717, 1.165) is 31.6 Å². The summed E-state index contributed by atoms with van der Waals surface area (Å²) in [6.45, 7) is 1.05. The maximum Gasteiger partial charge on any atom is 0.141 e. The number of nitrogen functional groups attached to an aromatic ring is 1. The van der Waals surface area contributed by atoms with Crippen LogP contribution in [-0.4, -0.2) is 35.1 Å². The van der Waals surface area contributed by atoms with Gasteiger partial charge in [-0.1, -0.05) is 6.07 Å². The summed E-state index contributed by atoms with van der Waals surface area (Å²) in [6, 6.07) is 5.62. The fourth-order valence-corrected chi connectivity index (χ4v) is 2.23. The molecule has 1 atom stereocenters. The zero-order valence-electron chi connectivity index (χ0n) is 9.76. The summed E-state index contributed by atoms with van der Waals surface area (Å²) in [5.74, 6) is 0.779. The SMILES string of the molecule is N=C(N)c1cccc(N2CCCCC2CO)n1. The molecule has 4 N–H and O–H groups in total. The predicted octanol–water partition coefficient (Wildman–Crippen LogP) is 0.717. The van der Waals surface area contributed by atoms with E-state index in [1.165, 1.54) is 0 Å². The monoisotopic (exact) mass is 234 g/mol. The van der Waals surface area contributed by atoms with Crippen molar-refractivity contribution >= 4 is 11.7 Å². The number of amidine groups is 1. The molecular weight excluding hydrogens is 216 g/mol. The van der Waals surface area contributed by atoms with E-state index in [4.69, 9.17) is 11.1 Å².